The van der Waals surface area contributed by atoms with Crippen molar-refractivity contribution in [2.45, 2.75) is 12.3 Å². The van der Waals surface area contributed by atoms with E-state index in [0.717, 1.165) is 11.1 Å². The molecule has 1 unspecified atom stereocenters. The Balaban J connectivity index is 0.000000311. The Morgan fingerprint density at radius 3 is 1.37 bits per heavy atom. The summed E-state index contributed by atoms with van der Waals surface area (Å²) in [6.07, 6.45) is 2.62. The molecular formula is C18H23O9P3. The van der Waals surface area contributed by atoms with Gasteiger partial charge in [-0.2, -0.15) is 0 Å². The number of rotatable bonds is 8. The Morgan fingerprint density at radius 2 is 1.07 bits per heavy atom. The van der Waals surface area contributed by atoms with Gasteiger partial charge in [0, 0.05) is 0 Å². The summed E-state index contributed by atoms with van der Waals surface area (Å²) >= 11 is 0. The van der Waals surface area contributed by atoms with Crippen molar-refractivity contribution in [1.82, 2.24) is 0 Å². The maximum atomic E-state index is 11.4. The van der Waals surface area contributed by atoms with E-state index < -0.39 is 29.2 Å². The van der Waals surface area contributed by atoms with Crippen LogP contribution in [0.25, 0.3) is 12.2 Å². The van der Waals surface area contributed by atoms with Crippen LogP contribution in [0, 0.1) is 0 Å². The molecule has 0 fully saturated rings. The average molecular weight is 476 g/mol. The van der Waals surface area contributed by atoms with Crippen molar-refractivity contribution in [3.05, 3.63) is 83.9 Å². The molecule has 2 rings (SSSR count). The Labute approximate surface area is 174 Å². The van der Waals surface area contributed by atoms with Crippen molar-refractivity contribution >= 4 is 35.2 Å². The first-order chi connectivity index (χ1) is 13.7. The van der Waals surface area contributed by atoms with Crippen molar-refractivity contribution in [3.63, 3.8) is 0 Å². The monoisotopic (exact) mass is 476 g/mol. The van der Waals surface area contributed by atoms with Gasteiger partial charge in [-0.15, -0.1) is 0 Å². The first-order valence-electron chi connectivity index (χ1n) is 8.29. The second-order valence-electron chi connectivity index (χ2n) is 6.08. The third-order valence-corrected chi connectivity index (χ3v) is 6.85. The standard InChI is InChI=1S/C9H12O6P2.C9H11O3P/c1-2-8-3-5-9(6-4-8)7-16(10,11)15-17(12,13)14;1-2-8-3-5-9(6-4-8)7-13(10,11)12/h2-6H,1,7H2,(H,10,11)(H2,12,13,14);2-6H,1,7H2,(H2,10,11,12). The van der Waals surface area contributed by atoms with Crippen molar-refractivity contribution in [2.75, 3.05) is 0 Å². The van der Waals surface area contributed by atoms with Crippen LogP contribution in [-0.4, -0.2) is 24.5 Å². The predicted octanol–water partition coefficient (Wildman–Crippen LogP) is 4.13. The maximum absolute atomic E-state index is 11.4. The van der Waals surface area contributed by atoms with Crippen LogP contribution >= 0.6 is 23.0 Å². The van der Waals surface area contributed by atoms with Crippen LogP contribution in [0.15, 0.2) is 61.7 Å². The molecule has 0 aromatic heterocycles. The first-order valence-corrected chi connectivity index (χ1v) is 13.4. The summed E-state index contributed by atoms with van der Waals surface area (Å²) in [6.45, 7) is 7.13. The number of hydrogen-bond acceptors (Lipinski definition) is 4. The summed E-state index contributed by atoms with van der Waals surface area (Å²) in [5.74, 6) is 0. The molecule has 30 heavy (non-hydrogen) atoms. The van der Waals surface area contributed by atoms with Gasteiger partial charge in [0.1, 0.15) is 0 Å². The fraction of sp³-hybridized carbons (Fsp3) is 0.111. The minimum atomic E-state index is -4.97. The molecule has 0 aliphatic heterocycles. The second-order valence-corrected chi connectivity index (χ2v) is 11.0. The molecule has 0 saturated heterocycles. The third-order valence-electron chi connectivity index (χ3n) is 3.44. The molecule has 1 atom stereocenters. The molecule has 0 heterocycles. The zero-order valence-electron chi connectivity index (χ0n) is 15.8. The summed E-state index contributed by atoms with van der Waals surface area (Å²) < 4.78 is 36.3. The van der Waals surface area contributed by atoms with Gasteiger partial charge in [0.05, 0.1) is 12.3 Å². The Bertz CT molecular complexity index is 989. The quantitative estimate of drug-likeness (QED) is 0.353. The molecule has 0 bridgehead atoms. The van der Waals surface area contributed by atoms with Crippen LogP contribution < -0.4 is 0 Å². The lowest BCUT2D eigenvalue weighted by Crippen LogP contribution is -1.92. The summed E-state index contributed by atoms with van der Waals surface area (Å²) in [6, 6.07) is 13.4. The molecule has 9 nitrogen and oxygen atoms in total. The van der Waals surface area contributed by atoms with E-state index in [2.05, 4.69) is 17.5 Å². The van der Waals surface area contributed by atoms with Crippen LogP contribution in [0.2, 0.25) is 0 Å². The third kappa shape index (κ3) is 11.5. The summed E-state index contributed by atoms with van der Waals surface area (Å²) in [5.41, 5.74) is 2.85. The van der Waals surface area contributed by atoms with Gasteiger partial charge >= 0.3 is 23.0 Å². The Hall–Kier alpha value is -1.63. The van der Waals surface area contributed by atoms with Crippen molar-refractivity contribution in [2.24, 2.45) is 0 Å². The molecule has 0 aliphatic carbocycles. The first kappa shape index (κ1) is 26.4. The van der Waals surface area contributed by atoms with Gasteiger partial charge in [-0.25, -0.2) is 8.88 Å². The molecule has 12 heteroatoms. The van der Waals surface area contributed by atoms with Crippen molar-refractivity contribution in [1.29, 1.82) is 0 Å². The van der Waals surface area contributed by atoms with E-state index in [1.165, 1.54) is 0 Å². The van der Waals surface area contributed by atoms with Crippen LogP contribution in [0.1, 0.15) is 22.3 Å². The summed E-state index contributed by atoms with van der Waals surface area (Å²) in [5, 5.41) is 0. The number of benzene rings is 2. The topological polar surface area (TPSA) is 162 Å². The summed E-state index contributed by atoms with van der Waals surface area (Å²) in [4.78, 5) is 43.5. The lowest BCUT2D eigenvalue weighted by molar-refractivity contribution is 0.263. The Morgan fingerprint density at radius 1 is 0.700 bits per heavy atom. The highest BCUT2D eigenvalue weighted by molar-refractivity contribution is 7.63. The minimum absolute atomic E-state index is 0.204. The van der Waals surface area contributed by atoms with Gasteiger partial charge in [-0.3, -0.25) is 9.13 Å². The van der Waals surface area contributed by atoms with Crippen LogP contribution in [0.4, 0.5) is 0 Å². The van der Waals surface area contributed by atoms with Crippen molar-refractivity contribution in [3.8, 4) is 0 Å². The van der Waals surface area contributed by atoms with Crippen LogP contribution in [0.3, 0.4) is 0 Å². The second kappa shape index (κ2) is 11.1. The van der Waals surface area contributed by atoms with Crippen LogP contribution in [0.5, 0.6) is 0 Å². The van der Waals surface area contributed by atoms with Gasteiger partial charge in [-0.05, 0) is 22.3 Å². The van der Waals surface area contributed by atoms with Crippen molar-refractivity contribution < 1.29 is 42.5 Å². The highest BCUT2D eigenvalue weighted by Crippen LogP contribution is 2.58. The molecule has 0 amide bonds. The molecule has 2 aromatic carbocycles. The Kier molecular flexibility index (Phi) is 9.79. The minimum Gasteiger partial charge on any atom is -0.324 e. The molecule has 164 valence electrons. The van der Waals surface area contributed by atoms with Gasteiger partial charge in [0.25, 0.3) is 0 Å². The molecule has 2 aromatic rings. The largest absolute Gasteiger partial charge is 0.476 e. The number of hydrogen-bond donors (Lipinski definition) is 5. The molecule has 0 aliphatic rings. The lowest BCUT2D eigenvalue weighted by Gasteiger charge is -2.12. The van der Waals surface area contributed by atoms with E-state index in [9.17, 15) is 18.6 Å². The average Bonchev–Trinajstić information content (AvgIpc) is 2.60. The fourth-order valence-electron chi connectivity index (χ4n) is 2.18. The van der Waals surface area contributed by atoms with Gasteiger partial charge in [0.2, 0.25) is 0 Å². The molecular weight excluding hydrogens is 453 g/mol. The maximum Gasteiger partial charge on any atom is 0.476 e. The normalized spacial score (nSPS) is 13.5. The summed E-state index contributed by atoms with van der Waals surface area (Å²) in [7, 11) is -13.3. The smallest absolute Gasteiger partial charge is 0.324 e. The molecule has 5 N–H and O–H groups in total. The lowest BCUT2D eigenvalue weighted by atomic mass is 10.1. The van der Waals surface area contributed by atoms with Gasteiger partial charge in [-0.1, -0.05) is 73.8 Å². The van der Waals surface area contributed by atoms with Gasteiger partial charge in [0.15, 0.2) is 0 Å². The van der Waals surface area contributed by atoms with Gasteiger partial charge < -0.3 is 24.5 Å². The van der Waals surface area contributed by atoms with E-state index in [-0.39, 0.29) is 6.16 Å². The highest BCUT2D eigenvalue weighted by Gasteiger charge is 2.30. The van der Waals surface area contributed by atoms with E-state index in [0.29, 0.717) is 11.1 Å². The predicted molar refractivity (Wildman–Crippen MR) is 115 cm³/mol. The molecule has 0 spiro atoms. The van der Waals surface area contributed by atoms with Crippen LogP contribution in [-0.2, 0) is 30.3 Å². The number of phosphoric acid groups is 1. The SMILES string of the molecule is C=Cc1ccc(CP(=O)(O)O)cc1.C=Cc1ccc(CP(=O)(O)OP(=O)(O)O)cc1. The fourth-order valence-corrected chi connectivity index (χ4v) is 5.10. The zero-order valence-corrected chi connectivity index (χ0v) is 18.5. The zero-order chi connectivity index (χ0) is 23.0. The van der Waals surface area contributed by atoms with E-state index in [1.54, 1.807) is 60.7 Å². The highest BCUT2D eigenvalue weighted by atomic mass is 31.3. The molecule has 0 radical (unpaired) electrons. The van der Waals surface area contributed by atoms with E-state index >= 15 is 0 Å². The van der Waals surface area contributed by atoms with E-state index in [1.807, 2.05) is 0 Å². The van der Waals surface area contributed by atoms with E-state index in [4.69, 9.17) is 19.6 Å². The molecule has 0 saturated carbocycles.